The molecule has 10 heteroatoms. The first kappa shape index (κ1) is 26.3. The molecular weight excluding hydrogens is 531 g/mol. The van der Waals surface area contributed by atoms with Crippen LogP contribution in [-0.2, 0) is 17.9 Å². The van der Waals surface area contributed by atoms with Crippen LogP contribution in [0.4, 0.5) is 5.69 Å². The van der Waals surface area contributed by atoms with E-state index in [0.717, 1.165) is 74.4 Å². The zero-order valence-electron chi connectivity index (χ0n) is 20.7. The molecular formula is C27H29Cl3N6O. The third-order valence-electron chi connectivity index (χ3n) is 7.50. The Balaban J connectivity index is 1.27. The molecule has 1 amide bonds. The van der Waals surface area contributed by atoms with Gasteiger partial charge in [0.15, 0.2) is 0 Å². The first-order chi connectivity index (χ1) is 17.8. The number of nitrogens with one attached hydrogen (secondary N) is 1. The number of carbonyl (C=O) groups excluding carboxylic acids is 1. The highest BCUT2D eigenvalue weighted by Crippen LogP contribution is 2.34. The molecule has 2 saturated heterocycles. The molecule has 2 aliphatic heterocycles. The van der Waals surface area contributed by atoms with Gasteiger partial charge in [-0.1, -0.05) is 46.9 Å². The second-order valence-corrected chi connectivity index (χ2v) is 11.2. The number of nitrogens with zero attached hydrogens (tertiary/aromatic N) is 5. The molecule has 2 fully saturated rings. The maximum absolute atomic E-state index is 12.9. The molecule has 194 valence electrons. The van der Waals surface area contributed by atoms with Gasteiger partial charge in [0.25, 0.3) is 0 Å². The Morgan fingerprint density at radius 2 is 1.86 bits per heavy atom. The number of halogens is 3. The standard InChI is InChI=1S/C27H29Cl3N6O/c1-17-32-26-19(14-34-8-7-21(15-34)35-9-5-18(13-31)6-10-35)3-2-4-24(26)36(17)16-25(37)33-27-22(29)11-20(28)12-23(27)30/h2-4,11-12,18,21H,5-10,14-16H2,1H3,(H,33,37)/t21-/m0/s1. The van der Waals surface area contributed by atoms with Gasteiger partial charge in [-0.05, 0) is 63.0 Å². The lowest BCUT2D eigenvalue weighted by molar-refractivity contribution is -0.116. The number of imidazole rings is 1. The van der Waals surface area contributed by atoms with Gasteiger partial charge < -0.3 is 9.88 Å². The Kier molecular flexibility index (Phi) is 7.94. The lowest BCUT2D eigenvalue weighted by atomic mass is 9.97. The molecule has 0 radical (unpaired) electrons. The van der Waals surface area contributed by atoms with Crippen LogP contribution in [0.5, 0.6) is 0 Å². The van der Waals surface area contributed by atoms with Gasteiger partial charge in [-0.15, -0.1) is 0 Å². The number of piperidine rings is 1. The van der Waals surface area contributed by atoms with Crippen LogP contribution in [0.25, 0.3) is 11.0 Å². The Hall–Kier alpha value is -2.34. The van der Waals surface area contributed by atoms with Crippen LogP contribution in [0.1, 0.15) is 30.7 Å². The van der Waals surface area contributed by atoms with Crippen LogP contribution in [0.2, 0.25) is 15.1 Å². The summed E-state index contributed by atoms with van der Waals surface area (Å²) in [4.78, 5) is 22.8. The van der Waals surface area contributed by atoms with E-state index in [1.54, 1.807) is 12.1 Å². The zero-order valence-corrected chi connectivity index (χ0v) is 23.0. The zero-order chi connectivity index (χ0) is 26.1. The van der Waals surface area contributed by atoms with Crippen LogP contribution >= 0.6 is 34.8 Å². The minimum absolute atomic E-state index is 0.0888. The van der Waals surface area contributed by atoms with E-state index >= 15 is 0 Å². The van der Waals surface area contributed by atoms with E-state index in [1.807, 2.05) is 23.6 Å². The number of para-hydroxylation sites is 1. The van der Waals surface area contributed by atoms with E-state index in [9.17, 15) is 10.1 Å². The number of nitriles is 1. The van der Waals surface area contributed by atoms with Gasteiger partial charge in [-0.25, -0.2) is 4.98 Å². The summed E-state index contributed by atoms with van der Waals surface area (Å²) in [6.45, 7) is 6.93. The molecule has 37 heavy (non-hydrogen) atoms. The minimum atomic E-state index is -0.249. The fourth-order valence-electron chi connectivity index (χ4n) is 5.52. The van der Waals surface area contributed by atoms with Gasteiger partial charge in [0.1, 0.15) is 12.4 Å². The van der Waals surface area contributed by atoms with Crippen molar-refractivity contribution in [1.29, 1.82) is 5.26 Å². The lowest BCUT2D eigenvalue weighted by Gasteiger charge is -2.34. The average molecular weight is 560 g/mol. The second kappa shape index (κ2) is 11.2. The molecule has 3 heterocycles. The molecule has 0 unspecified atom stereocenters. The van der Waals surface area contributed by atoms with Crippen molar-refractivity contribution in [1.82, 2.24) is 19.4 Å². The summed E-state index contributed by atoms with van der Waals surface area (Å²) in [6.07, 6.45) is 3.11. The highest BCUT2D eigenvalue weighted by atomic mass is 35.5. The maximum atomic E-state index is 12.9. The maximum Gasteiger partial charge on any atom is 0.244 e. The molecule has 1 aromatic heterocycles. The van der Waals surface area contributed by atoms with Gasteiger partial charge in [0.2, 0.25) is 5.91 Å². The Labute approximate surface area is 231 Å². The molecule has 2 aliphatic rings. The number of amides is 1. The van der Waals surface area contributed by atoms with Crippen LogP contribution in [0.3, 0.4) is 0 Å². The number of aryl methyl sites for hydroxylation is 1. The number of likely N-dealkylation sites (tertiary alicyclic amines) is 2. The van der Waals surface area contributed by atoms with E-state index < -0.39 is 0 Å². The van der Waals surface area contributed by atoms with Crippen molar-refractivity contribution in [2.24, 2.45) is 5.92 Å². The monoisotopic (exact) mass is 558 g/mol. The van der Waals surface area contributed by atoms with Crippen LogP contribution < -0.4 is 5.32 Å². The molecule has 0 bridgehead atoms. The minimum Gasteiger partial charge on any atom is -0.322 e. The topological polar surface area (TPSA) is 77.2 Å². The van der Waals surface area contributed by atoms with Gasteiger partial charge in [-0.3, -0.25) is 14.6 Å². The number of rotatable bonds is 6. The highest BCUT2D eigenvalue weighted by molar-refractivity contribution is 6.42. The number of carbonyl (C=O) groups is 1. The van der Waals surface area contributed by atoms with E-state index in [-0.39, 0.29) is 18.4 Å². The molecule has 3 aromatic rings. The number of fused-ring (bicyclic) bond motifs is 1. The van der Waals surface area contributed by atoms with Crippen molar-refractivity contribution in [3.05, 3.63) is 56.8 Å². The van der Waals surface area contributed by atoms with Crippen LogP contribution in [-0.4, -0.2) is 57.5 Å². The van der Waals surface area contributed by atoms with E-state index in [1.165, 1.54) is 0 Å². The summed E-state index contributed by atoms with van der Waals surface area (Å²) in [5.41, 5.74) is 3.36. The first-order valence-electron chi connectivity index (χ1n) is 12.6. The number of hydrogen-bond donors (Lipinski definition) is 1. The van der Waals surface area contributed by atoms with Gasteiger partial charge >= 0.3 is 0 Å². The summed E-state index contributed by atoms with van der Waals surface area (Å²) < 4.78 is 1.91. The molecule has 1 atom stereocenters. The predicted octanol–water partition coefficient (Wildman–Crippen LogP) is 5.75. The molecule has 1 N–H and O–H groups in total. The molecule has 0 saturated carbocycles. The molecule has 0 aliphatic carbocycles. The van der Waals surface area contributed by atoms with Crippen molar-refractivity contribution in [3.8, 4) is 6.07 Å². The average Bonchev–Trinajstić information content (AvgIpc) is 3.46. The molecule has 2 aromatic carbocycles. The first-order valence-corrected chi connectivity index (χ1v) is 13.7. The lowest BCUT2D eigenvalue weighted by Crippen LogP contribution is -2.42. The normalized spacial score (nSPS) is 19.4. The number of hydrogen-bond acceptors (Lipinski definition) is 5. The number of benzene rings is 2. The second-order valence-electron chi connectivity index (χ2n) is 9.94. The van der Waals surface area contributed by atoms with Crippen molar-refractivity contribution >= 4 is 57.4 Å². The van der Waals surface area contributed by atoms with Crippen LogP contribution in [0.15, 0.2) is 30.3 Å². The summed E-state index contributed by atoms with van der Waals surface area (Å²) in [6, 6.07) is 12.2. The Morgan fingerprint density at radius 3 is 2.57 bits per heavy atom. The largest absolute Gasteiger partial charge is 0.322 e. The summed E-state index contributed by atoms with van der Waals surface area (Å²) in [5.74, 6) is 0.735. The summed E-state index contributed by atoms with van der Waals surface area (Å²) in [5, 5.41) is 13.0. The van der Waals surface area contributed by atoms with Gasteiger partial charge in [0.05, 0.1) is 32.8 Å². The summed E-state index contributed by atoms with van der Waals surface area (Å²) >= 11 is 18.5. The third-order valence-corrected chi connectivity index (χ3v) is 8.31. The van der Waals surface area contributed by atoms with Crippen LogP contribution in [0, 0.1) is 24.2 Å². The number of aromatic nitrogens is 2. The van der Waals surface area contributed by atoms with E-state index in [0.29, 0.717) is 26.8 Å². The van der Waals surface area contributed by atoms with Crippen molar-refractivity contribution < 1.29 is 4.79 Å². The number of anilines is 1. The van der Waals surface area contributed by atoms with Crippen molar-refractivity contribution in [3.63, 3.8) is 0 Å². The third kappa shape index (κ3) is 5.74. The molecule has 0 spiro atoms. The highest BCUT2D eigenvalue weighted by Gasteiger charge is 2.31. The van der Waals surface area contributed by atoms with Gasteiger partial charge in [0, 0.05) is 36.6 Å². The van der Waals surface area contributed by atoms with Gasteiger partial charge in [-0.2, -0.15) is 5.26 Å². The van der Waals surface area contributed by atoms with E-state index in [4.69, 9.17) is 39.8 Å². The molecule has 5 rings (SSSR count). The smallest absolute Gasteiger partial charge is 0.244 e. The summed E-state index contributed by atoms with van der Waals surface area (Å²) in [7, 11) is 0. The SMILES string of the molecule is Cc1nc2c(CN3CC[C@H](N4CCC(C#N)CC4)C3)cccc2n1CC(=O)Nc1c(Cl)cc(Cl)cc1Cl. The fraction of sp³-hybridized carbons (Fsp3) is 0.444. The van der Waals surface area contributed by atoms with Crippen molar-refractivity contribution in [2.45, 2.75) is 45.3 Å². The van der Waals surface area contributed by atoms with E-state index in [2.05, 4.69) is 27.3 Å². The quantitative estimate of drug-likeness (QED) is 0.416. The predicted molar refractivity (Wildman–Crippen MR) is 148 cm³/mol. The molecule has 7 nitrogen and oxygen atoms in total. The Bertz CT molecular complexity index is 1340. The fourth-order valence-corrected chi connectivity index (χ4v) is 6.43. The van der Waals surface area contributed by atoms with Crippen molar-refractivity contribution in [2.75, 3.05) is 31.5 Å². The Morgan fingerprint density at radius 1 is 1.14 bits per heavy atom.